The molecule has 0 radical (unpaired) electrons. The van der Waals surface area contributed by atoms with Crippen molar-refractivity contribution in [2.24, 2.45) is 0 Å². The van der Waals surface area contributed by atoms with Gasteiger partial charge in [0, 0.05) is 24.0 Å². The van der Waals surface area contributed by atoms with Crippen LogP contribution in [0.2, 0.25) is 5.02 Å². The summed E-state index contributed by atoms with van der Waals surface area (Å²) in [5.74, 6) is -0.706. The summed E-state index contributed by atoms with van der Waals surface area (Å²) in [5.41, 5.74) is 3.06. The van der Waals surface area contributed by atoms with Crippen LogP contribution in [0.1, 0.15) is 42.4 Å². The standard InChI is InChI=1S/C31H36ClN3O4S/c1-23-11-6-7-14-25(23)21-34(30(36)22-35(40(2,38)39)28-18-10-15-26(32)20-28)29(19-24-12-4-3-5-13-24)31(37)33-27-16-8-9-17-27/h3-7,10-15,18,20,27,29H,8-9,16-17,19,21-22H2,1-2H3,(H,33,37). The molecular weight excluding hydrogens is 546 g/mol. The molecule has 0 aromatic heterocycles. The molecule has 0 bridgehead atoms. The lowest BCUT2D eigenvalue weighted by Gasteiger charge is -2.34. The molecule has 3 aromatic carbocycles. The molecule has 0 saturated heterocycles. The first-order valence-electron chi connectivity index (χ1n) is 13.5. The van der Waals surface area contributed by atoms with Crippen molar-refractivity contribution in [2.75, 3.05) is 17.1 Å². The van der Waals surface area contributed by atoms with Crippen molar-refractivity contribution in [1.82, 2.24) is 10.2 Å². The molecule has 9 heteroatoms. The van der Waals surface area contributed by atoms with Gasteiger partial charge in [-0.3, -0.25) is 13.9 Å². The summed E-state index contributed by atoms with van der Waals surface area (Å²) in [6, 6.07) is 22.9. The fourth-order valence-corrected chi connectivity index (χ4v) is 6.16. The Hall–Kier alpha value is -3.36. The van der Waals surface area contributed by atoms with Crippen LogP contribution in [0, 0.1) is 6.92 Å². The summed E-state index contributed by atoms with van der Waals surface area (Å²) < 4.78 is 26.8. The van der Waals surface area contributed by atoms with Gasteiger partial charge in [0.05, 0.1) is 11.9 Å². The number of hydrogen-bond acceptors (Lipinski definition) is 4. The van der Waals surface area contributed by atoms with Crippen LogP contribution in [0.4, 0.5) is 5.69 Å². The first-order chi connectivity index (χ1) is 19.1. The highest BCUT2D eigenvalue weighted by atomic mass is 35.5. The van der Waals surface area contributed by atoms with Gasteiger partial charge in [0.15, 0.2) is 0 Å². The third-order valence-corrected chi connectivity index (χ3v) is 8.73. The topological polar surface area (TPSA) is 86.8 Å². The van der Waals surface area contributed by atoms with Gasteiger partial charge in [0.25, 0.3) is 0 Å². The van der Waals surface area contributed by atoms with Crippen LogP contribution in [0.3, 0.4) is 0 Å². The van der Waals surface area contributed by atoms with E-state index in [0.29, 0.717) is 11.4 Å². The highest BCUT2D eigenvalue weighted by Gasteiger charge is 2.34. The average molecular weight is 582 g/mol. The first-order valence-corrected chi connectivity index (χ1v) is 15.8. The molecular formula is C31H36ClN3O4S. The molecule has 1 aliphatic carbocycles. The van der Waals surface area contributed by atoms with E-state index in [9.17, 15) is 18.0 Å². The van der Waals surface area contributed by atoms with Crippen LogP contribution in [0.15, 0.2) is 78.9 Å². The van der Waals surface area contributed by atoms with Crippen LogP contribution in [0.25, 0.3) is 0 Å². The van der Waals surface area contributed by atoms with Crippen molar-refractivity contribution in [3.05, 3.63) is 101 Å². The van der Waals surface area contributed by atoms with Crippen LogP contribution in [0.5, 0.6) is 0 Å². The third-order valence-electron chi connectivity index (χ3n) is 7.35. The van der Waals surface area contributed by atoms with Crippen molar-refractivity contribution >= 4 is 39.1 Å². The van der Waals surface area contributed by atoms with Gasteiger partial charge in [-0.1, -0.05) is 85.1 Å². The minimum atomic E-state index is -3.84. The van der Waals surface area contributed by atoms with E-state index in [1.54, 1.807) is 18.2 Å². The maximum Gasteiger partial charge on any atom is 0.244 e. The number of halogens is 1. The van der Waals surface area contributed by atoms with Gasteiger partial charge in [-0.05, 0) is 54.7 Å². The average Bonchev–Trinajstić information content (AvgIpc) is 3.43. The number of nitrogens with zero attached hydrogens (tertiary/aromatic N) is 2. The van der Waals surface area contributed by atoms with E-state index in [4.69, 9.17) is 11.6 Å². The highest BCUT2D eigenvalue weighted by molar-refractivity contribution is 7.92. The summed E-state index contributed by atoms with van der Waals surface area (Å²) in [7, 11) is -3.84. The number of rotatable bonds is 11. The molecule has 1 atom stereocenters. The fourth-order valence-electron chi connectivity index (χ4n) is 5.14. The Kier molecular flexibility index (Phi) is 9.87. The lowest BCUT2D eigenvalue weighted by molar-refractivity contribution is -0.140. The lowest BCUT2D eigenvalue weighted by atomic mass is 10.0. The van der Waals surface area contributed by atoms with Gasteiger partial charge in [-0.2, -0.15) is 0 Å². The second kappa shape index (κ2) is 13.3. The summed E-state index contributed by atoms with van der Waals surface area (Å²) in [5, 5.41) is 3.53. The van der Waals surface area contributed by atoms with Crippen molar-refractivity contribution in [3.8, 4) is 0 Å². The zero-order valence-electron chi connectivity index (χ0n) is 22.9. The minimum absolute atomic E-state index is 0.0696. The van der Waals surface area contributed by atoms with Crippen molar-refractivity contribution in [1.29, 1.82) is 0 Å². The number of aryl methyl sites for hydroxylation is 1. The molecule has 3 aromatic rings. The lowest BCUT2D eigenvalue weighted by Crippen LogP contribution is -2.54. The Balaban J connectivity index is 1.73. The highest BCUT2D eigenvalue weighted by Crippen LogP contribution is 2.24. The number of sulfonamides is 1. The number of anilines is 1. The molecule has 212 valence electrons. The summed E-state index contributed by atoms with van der Waals surface area (Å²) >= 11 is 6.16. The Morgan fingerprint density at radius 2 is 1.65 bits per heavy atom. The number of nitrogens with one attached hydrogen (secondary N) is 1. The van der Waals surface area contributed by atoms with Crippen molar-refractivity contribution in [3.63, 3.8) is 0 Å². The summed E-state index contributed by atoms with van der Waals surface area (Å²) in [6.45, 7) is 1.65. The minimum Gasteiger partial charge on any atom is -0.352 e. The monoisotopic (exact) mass is 581 g/mol. The summed E-state index contributed by atoms with van der Waals surface area (Å²) in [6.07, 6.45) is 5.29. The molecule has 1 unspecified atom stereocenters. The molecule has 1 N–H and O–H groups in total. The predicted octanol–water partition coefficient (Wildman–Crippen LogP) is 5.11. The molecule has 7 nitrogen and oxygen atoms in total. The van der Waals surface area contributed by atoms with Gasteiger partial charge in [-0.25, -0.2) is 8.42 Å². The van der Waals surface area contributed by atoms with Gasteiger partial charge in [-0.15, -0.1) is 0 Å². The van der Waals surface area contributed by atoms with E-state index < -0.39 is 28.5 Å². The van der Waals surface area contributed by atoms with Crippen LogP contribution in [-0.4, -0.2) is 50.0 Å². The normalized spacial score (nSPS) is 14.5. The maximum absolute atomic E-state index is 14.2. The smallest absolute Gasteiger partial charge is 0.244 e. The van der Waals surface area contributed by atoms with E-state index in [1.807, 2.05) is 61.5 Å². The van der Waals surface area contributed by atoms with Gasteiger partial charge in [0.2, 0.25) is 21.8 Å². The van der Waals surface area contributed by atoms with Gasteiger partial charge in [0.1, 0.15) is 12.6 Å². The first kappa shape index (κ1) is 29.6. The fraction of sp³-hybridized carbons (Fsp3) is 0.355. The number of carbonyl (C=O) groups excluding carboxylic acids is 2. The van der Waals surface area contributed by atoms with E-state index in [1.165, 1.54) is 11.0 Å². The Morgan fingerprint density at radius 3 is 2.30 bits per heavy atom. The molecule has 0 spiro atoms. The Morgan fingerprint density at radius 1 is 0.975 bits per heavy atom. The largest absolute Gasteiger partial charge is 0.352 e. The molecule has 1 fully saturated rings. The Bertz CT molecular complexity index is 1430. The zero-order valence-corrected chi connectivity index (χ0v) is 24.5. The van der Waals surface area contributed by atoms with Crippen LogP contribution < -0.4 is 9.62 Å². The number of hydrogen-bond donors (Lipinski definition) is 1. The molecule has 0 heterocycles. The van der Waals surface area contributed by atoms with Gasteiger partial charge < -0.3 is 10.2 Å². The molecule has 1 saturated carbocycles. The van der Waals surface area contributed by atoms with E-state index in [-0.39, 0.29) is 24.2 Å². The number of benzene rings is 3. The molecule has 0 aliphatic heterocycles. The van der Waals surface area contributed by atoms with Crippen molar-refractivity contribution in [2.45, 2.75) is 57.7 Å². The second-order valence-corrected chi connectivity index (χ2v) is 12.7. The quantitative estimate of drug-likeness (QED) is 0.341. The zero-order chi connectivity index (χ0) is 28.7. The van der Waals surface area contributed by atoms with E-state index >= 15 is 0 Å². The van der Waals surface area contributed by atoms with Crippen LogP contribution >= 0.6 is 11.6 Å². The van der Waals surface area contributed by atoms with Gasteiger partial charge >= 0.3 is 0 Å². The Labute approximate surface area is 242 Å². The maximum atomic E-state index is 14.2. The van der Waals surface area contributed by atoms with E-state index in [0.717, 1.165) is 52.9 Å². The second-order valence-electron chi connectivity index (χ2n) is 10.4. The SMILES string of the molecule is Cc1ccccc1CN(C(=O)CN(c1cccc(Cl)c1)S(C)(=O)=O)C(Cc1ccccc1)C(=O)NC1CCCC1. The number of amides is 2. The molecule has 1 aliphatic rings. The molecule has 4 rings (SSSR count). The predicted molar refractivity (Wildman–Crippen MR) is 160 cm³/mol. The third kappa shape index (κ3) is 7.86. The molecule has 2 amide bonds. The van der Waals surface area contributed by atoms with E-state index in [2.05, 4.69) is 5.32 Å². The number of carbonyl (C=O) groups is 2. The van der Waals surface area contributed by atoms with Crippen molar-refractivity contribution < 1.29 is 18.0 Å². The molecule has 40 heavy (non-hydrogen) atoms. The summed E-state index contributed by atoms with van der Waals surface area (Å²) in [4.78, 5) is 29.6. The van der Waals surface area contributed by atoms with Crippen LogP contribution in [-0.2, 0) is 32.6 Å².